The second-order valence-electron chi connectivity index (χ2n) is 6.71. The van der Waals surface area contributed by atoms with Crippen molar-refractivity contribution in [2.24, 2.45) is 0 Å². The maximum absolute atomic E-state index is 12.6. The second kappa shape index (κ2) is 7.92. The van der Waals surface area contributed by atoms with E-state index in [1.807, 2.05) is 6.07 Å². The third kappa shape index (κ3) is 3.88. The fraction of sp³-hybridized carbons (Fsp3) is 0.250. The van der Waals surface area contributed by atoms with Crippen LogP contribution in [-0.4, -0.2) is 43.5 Å². The Morgan fingerprint density at radius 1 is 1.24 bits per heavy atom. The Hall–Kier alpha value is -2.78. The lowest BCUT2D eigenvalue weighted by molar-refractivity contribution is -0.127. The third-order valence-corrected chi connectivity index (χ3v) is 6.83. The van der Waals surface area contributed by atoms with E-state index in [-0.39, 0.29) is 23.8 Å². The average Bonchev–Trinajstić information content (AvgIpc) is 3.00. The number of carbonyl (C=O) groups is 1. The van der Waals surface area contributed by atoms with Crippen molar-refractivity contribution in [3.05, 3.63) is 57.2 Å². The minimum Gasteiger partial charge on any atom is -0.338 e. The number of aromatic amines is 1. The molecule has 1 aromatic carbocycles. The molecule has 0 aliphatic carbocycles. The maximum atomic E-state index is 12.6. The molecule has 0 radical (unpaired) electrons. The van der Waals surface area contributed by atoms with Crippen LogP contribution >= 0.6 is 23.1 Å². The van der Waals surface area contributed by atoms with Gasteiger partial charge in [0.15, 0.2) is 0 Å². The number of thiophene rings is 1. The zero-order valence-corrected chi connectivity index (χ0v) is 17.9. The summed E-state index contributed by atoms with van der Waals surface area (Å²) < 4.78 is 0. The molecule has 3 aromatic heterocycles. The molecule has 7 nitrogen and oxygen atoms in total. The predicted molar refractivity (Wildman–Crippen MR) is 116 cm³/mol. The van der Waals surface area contributed by atoms with Gasteiger partial charge in [0.1, 0.15) is 22.0 Å². The van der Waals surface area contributed by atoms with E-state index in [1.54, 1.807) is 41.5 Å². The molecule has 0 bridgehead atoms. The number of rotatable bonds is 5. The number of thioether (sulfide) groups is 1. The number of aryl methyl sites for hydroxylation is 2. The van der Waals surface area contributed by atoms with E-state index < -0.39 is 0 Å². The monoisotopic (exact) mass is 425 g/mol. The number of amides is 1. The van der Waals surface area contributed by atoms with Crippen LogP contribution in [0.25, 0.3) is 21.1 Å². The summed E-state index contributed by atoms with van der Waals surface area (Å²) in [5, 5.41) is 2.38. The largest absolute Gasteiger partial charge is 0.338 e. The number of aromatic nitrogens is 4. The van der Waals surface area contributed by atoms with Gasteiger partial charge >= 0.3 is 0 Å². The Balaban J connectivity index is 1.48. The van der Waals surface area contributed by atoms with Gasteiger partial charge < -0.3 is 9.88 Å². The lowest BCUT2D eigenvalue weighted by Crippen LogP contribution is -2.29. The number of H-pyrrole nitrogens is 1. The quantitative estimate of drug-likeness (QED) is 0.390. The van der Waals surface area contributed by atoms with Crippen LogP contribution in [0.15, 0.2) is 40.4 Å². The fourth-order valence-corrected chi connectivity index (χ4v) is 5.08. The number of fused-ring (bicyclic) bond motifs is 2. The molecule has 0 spiro atoms. The molecule has 0 saturated heterocycles. The van der Waals surface area contributed by atoms with Crippen molar-refractivity contribution < 1.29 is 4.79 Å². The number of nitrogens with one attached hydrogen (secondary N) is 1. The van der Waals surface area contributed by atoms with Crippen molar-refractivity contribution in [3.63, 3.8) is 0 Å². The van der Waals surface area contributed by atoms with Crippen molar-refractivity contribution in [3.8, 4) is 0 Å². The molecule has 0 aliphatic heterocycles. The second-order valence-corrected chi connectivity index (χ2v) is 8.88. The van der Waals surface area contributed by atoms with Gasteiger partial charge in [0.05, 0.1) is 23.2 Å². The van der Waals surface area contributed by atoms with Gasteiger partial charge in [-0.2, -0.15) is 0 Å². The Kier molecular flexibility index (Phi) is 5.33. The minimum absolute atomic E-state index is 0.0674. The van der Waals surface area contributed by atoms with E-state index in [0.717, 1.165) is 20.8 Å². The normalized spacial score (nSPS) is 11.3. The number of benzene rings is 1. The molecular weight excluding hydrogens is 406 g/mol. The van der Waals surface area contributed by atoms with E-state index in [4.69, 9.17) is 0 Å². The highest BCUT2D eigenvalue weighted by Gasteiger charge is 2.16. The molecular formula is C20H19N5O2S2. The number of nitrogens with zero attached hydrogens (tertiary/aromatic N) is 4. The van der Waals surface area contributed by atoms with Crippen molar-refractivity contribution in [1.29, 1.82) is 0 Å². The Bertz CT molecular complexity index is 1280. The summed E-state index contributed by atoms with van der Waals surface area (Å²) in [6, 6.07) is 7.15. The Morgan fingerprint density at radius 3 is 2.86 bits per heavy atom. The summed E-state index contributed by atoms with van der Waals surface area (Å²) in [6.45, 7) is 4.35. The van der Waals surface area contributed by atoms with Crippen LogP contribution in [0, 0.1) is 13.8 Å². The molecule has 9 heteroatoms. The van der Waals surface area contributed by atoms with Crippen LogP contribution in [0.3, 0.4) is 0 Å². The van der Waals surface area contributed by atoms with Crippen molar-refractivity contribution in [2.45, 2.75) is 25.4 Å². The molecule has 0 fully saturated rings. The van der Waals surface area contributed by atoms with Crippen molar-refractivity contribution in [2.75, 3.05) is 12.8 Å². The van der Waals surface area contributed by atoms with E-state index in [9.17, 15) is 9.59 Å². The summed E-state index contributed by atoms with van der Waals surface area (Å²) >= 11 is 3.04. The summed E-state index contributed by atoms with van der Waals surface area (Å²) in [4.78, 5) is 44.5. The first-order valence-electron chi connectivity index (χ1n) is 8.99. The zero-order chi connectivity index (χ0) is 20.5. The molecule has 4 rings (SSSR count). The molecule has 0 aliphatic rings. The fourth-order valence-electron chi connectivity index (χ4n) is 3.02. The summed E-state index contributed by atoms with van der Waals surface area (Å²) in [6.07, 6.45) is 1.54. The molecule has 0 saturated carbocycles. The smallest absolute Gasteiger partial charge is 0.258 e. The number of para-hydroxylation sites is 1. The van der Waals surface area contributed by atoms with E-state index in [1.165, 1.54) is 23.0 Å². The van der Waals surface area contributed by atoms with Crippen LogP contribution in [0.5, 0.6) is 0 Å². The van der Waals surface area contributed by atoms with Crippen molar-refractivity contribution in [1.82, 2.24) is 24.8 Å². The van der Waals surface area contributed by atoms with Gasteiger partial charge in [-0.15, -0.1) is 11.3 Å². The maximum Gasteiger partial charge on any atom is 0.258 e. The van der Waals surface area contributed by atoms with E-state index in [2.05, 4.69) is 33.8 Å². The van der Waals surface area contributed by atoms with Gasteiger partial charge in [-0.1, -0.05) is 23.9 Å². The van der Waals surface area contributed by atoms with Gasteiger partial charge in [0.25, 0.3) is 5.56 Å². The molecule has 1 N–H and O–H groups in total. The Morgan fingerprint density at radius 2 is 2.03 bits per heavy atom. The summed E-state index contributed by atoms with van der Waals surface area (Å²) in [7, 11) is 1.70. The van der Waals surface area contributed by atoms with Gasteiger partial charge in [-0.25, -0.2) is 15.0 Å². The lowest BCUT2D eigenvalue weighted by atomic mass is 10.2. The van der Waals surface area contributed by atoms with Crippen LogP contribution < -0.4 is 5.56 Å². The molecule has 148 valence electrons. The molecule has 0 atom stereocenters. The van der Waals surface area contributed by atoms with Gasteiger partial charge in [-0.3, -0.25) is 9.59 Å². The van der Waals surface area contributed by atoms with E-state index >= 15 is 0 Å². The van der Waals surface area contributed by atoms with Crippen molar-refractivity contribution >= 4 is 50.1 Å². The number of hydrogen-bond acceptors (Lipinski definition) is 7. The molecule has 1 amide bonds. The summed E-state index contributed by atoms with van der Waals surface area (Å²) in [5.41, 5.74) is 1.58. The zero-order valence-electron chi connectivity index (χ0n) is 16.2. The first-order valence-corrected chi connectivity index (χ1v) is 10.8. The Labute approximate surface area is 175 Å². The SMILES string of the molecule is Cc1sc2ncnc(SCC(=O)N(C)Cc3nc4ccccc4c(=O)[nH]3)c2c1C. The lowest BCUT2D eigenvalue weighted by Gasteiger charge is -2.16. The van der Waals surface area contributed by atoms with Gasteiger partial charge in [-0.05, 0) is 31.5 Å². The first kappa shape index (κ1) is 19.5. The topological polar surface area (TPSA) is 91.8 Å². The van der Waals surface area contributed by atoms with Crippen LogP contribution in [0.2, 0.25) is 0 Å². The third-order valence-electron chi connectivity index (χ3n) is 4.74. The molecule has 3 heterocycles. The highest BCUT2D eigenvalue weighted by atomic mass is 32.2. The predicted octanol–water partition coefficient (Wildman–Crippen LogP) is 3.30. The highest BCUT2D eigenvalue weighted by Crippen LogP contribution is 2.34. The first-order chi connectivity index (χ1) is 13.9. The van der Waals surface area contributed by atoms with Gasteiger partial charge in [0, 0.05) is 17.3 Å². The standard InChI is InChI=1S/C20H19N5O2S2/c1-11-12(2)29-20-17(11)19(21-10-22-20)28-9-16(26)25(3)8-15-23-14-7-5-4-6-13(14)18(27)24-15/h4-7,10H,8-9H2,1-3H3,(H,23,24,27). The minimum atomic E-state index is -0.201. The number of carbonyl (C=O) groups excluding carboxylic acids is 1. The van der Waals surface area contributed by atoms with Crippen LogP contribution in [0.4, 0.5) is 0 Å². The average molecular weight is 426 g/mol. The highest BCUT2D eigenvalue weighted by molar-refractivity contribution is 8.00. The number of hydrogen-bond donors (Lipinski definition) is 1. The van der Waals surface area contributed by atoms with E-state index in [0.29, 0.717) is 16.7 Å². The molecule has 4 aromatic rings. The molecule has 29 heavy (non-hydrogen) atoms. The van der Waals surface area contributed by atoms with Crippen LogP contribution in [-0.2, 0) is 11.3 Å². The molecule has 0 unspecified atom stereocenters. The van der Waals surface area contributed by atoms with Crippen LogP contribution in [0.1, 0.15) is 16.3 Å². The summed E-state index contributed by atoms with van der Waals surface area (Å²) in [5.74, 6) is 0.639. The van der Waals surface area contributed by atoms with Gasteiger partial charge in [0.2, 0.25) is 5.91 Å².